The lowest BCUT2D eigenvalue weighted by atomic mass is 10.1. The number of nitrogens with one attached hydrogen (secondary N) is 2. The molecule has 1 aliphatic heterocycles. The standard InChI is InChI=1S/C22H31N3O2S/c1-3-20-7-8-21(28-20)15-25-22(23-2)24-14-17-5-4-6-18(13-17)16-27-19-9-11-26-12-10-19/h4-8,13,19H,3,9-12,14-16H2,1-2H3,(H2,23,24,25). The average Bonchev–Trinajstić information content (AvgIpc) is 3.21. The molecule has 1 fully saturated rings. The van der Waals surface area contributed by atoms with Crippen LogP contribution in [0.5, 0.6) is 0 Å². The monoisotopic (exact) mass is 401 g/mol. The van der Waals surface area contributed by atoms with E-state index in [1.54, 1.807) is 7.05 Å². The van der Waals surface area contributed by atoms with E-state index >= 15 is 0 Å². The summed E-state index contributed by atoms with van der Waals surface area (Å²) in [6.07, 6.45) is 3.40. The predicted octanol–water partition coefficient (Wildman–Crippen LogP) is 3.87. The number of guanidine groups is 1. The third-order valence-electron chi connectivity index (χ3n) is 4.82. The van der Waals surface area contributed by atoms with E-state index in [1.165, 1.54) is 20.9 Å². The Hall–Kier alpha value is -1.89. The zero-order chi connectivity index (χ0) is 19.6. The lowest BCUT2D eigenvalue weighted by molar-refractivity contribution is -0.0390. The number of aliphatic imine (C=N–C) groups is 1. The van der Waals surface area contributed by atoms with Crippen LogP contribution in [0.3, 0.4) is 0 Å². The molecule has 0 spiro atoms. The predicted molar refractivity (Wildman–Crippen MR) is 116 cm³/mol. The first-order valence-electron chi connectivity index (χ1n) is 10.1. The fourth-order valence-electron chi connectivity index (χ4n) is 3.17. The zero-order valence-electron chi connectivity index (χ0n) is 16.9. The number of rotatable bonds is 8. The summed E-state index contributed by atoms with van der Waals surface area (Å²) in [5.74, 6) is 0.815. The smallest absolute Gasteiger partial charge is 0.191 e. The number of benzene rings is 1. The van der Waals surface area contributed by atoms with Gasteiger partial charge in [-0.25, -0.2) is 0 Å². The van der Waals surface area contributed by atoms with E-state index < -0.39 is 0 Å². The number of thiophene rings is 1. The van der Waals surface area contributed by atoms with Gasteiger partial charge in [-0.2, -0.15) is 0 Å². The van der Waals surface area contributed by atoms with Gasteiger partial charge >= 0.3 is 0 Å². The number of nitrogens with zero attached hydrogens (tertiary/aromatic N) is 1. The largest absolute Gasteiger partial charge is 0.381 e. The number of ether oxygens (including phenoxy) is 2. The lowest BCUT2D eigenvalue weighted by Crippen LogP contribution is -2.36. The van der Waals surface area contributed by atoms with Gasteiger partial charge in [-0.1, -0.05) is 31.2 Å². The van der Waals surface area contributed by atoms with Crippen molar-refractivity contribution in [2.24, 2.45) is 4.99 Å². The molecule has 28 heavy (non-hydrogen) atoms. The van der Waals surface area contributed by atoms with E-state index in [4.69, 9.17) is 9.47 Å². The van der Waals surface area contributed by atoms with Crippen molar-refractivity contribution in [3.63, 3.8) is 0 Å². The van der Waals surface area contributed by atoms with Gasteiger partial charge in [-0.15, -0.1) is 11.3 Å². The minimum Gasteiger partial charge on any atom is -0.381 e. The fourth-order valence-corrected chi connectivity index (χ4v) is 4.07. The zero-order valence-corrected chi connectivity index (χ0v) is 17.7. The molecule has 2 aromatic rings. The second-order valence-corrected chi connectivity index (χ2v) is 8.20. The molecule has 0 saturated carbocycles. The fraction of sp³-hybridized carbons (Fsp3) is 0.500. The molecule has 0 unspecified atom stereocenters. The van der Waals surface area contributed by atoms with Crippen molar-refractivity contribution < 1.29 is 9.47 Å². The van der Waals surface area contributed by atoms with Gasteiger partial charge in [-0.3, -0.25) is 4.99 Å². The van der Waals surface area contributed by atoms with Crippen molar-refractivity contribution in [2.45, 2.75) is 52.0 Å². The quantitative estimate of drug-likeness (QED) is 0.521. The molecular formula is C22H31N3O2S. The molecule has 1 aromatic carbocycles. The van der Waals surface area contributed by atoms with Crippen LogP contribution >= 0.6 is 11.3 Å². The minimum atomic E-state index is 0.323. The summed E-state index contributed by atoms with van der Waals surface area (Å²) < 4.78 is 11.4. The van der Waals surface area contributed by atoms with Crippen molar-refractivity contribution >= 4 is 17.3 Å². The van der Waals surface area contributed by atoms with Crippen molar-refractivity contribution in [3.05, 3.63) is 57.3 Å². The van der Waals surface area contributed by atoms with Crippen molar-refractivity contribution in [1.29, 1.82) is 0 Å². The van der Waals surface area contributed by atoms with Crippen LogP contribution in [0.15, 0.2) is 41.4 Å². The Labute approximate surface area is 172 Å². The van der Waals surface area contributed by atoms with Gasteiger partial charge in [0.25, 0.3) is 0 Å². The molecule has 1 aliphatic rings. The Balaban J connectivity index is 1.44. The minimum absolute atomic E-state index is 0.323. The highest BCUT2D eigenvalue weighted by Crippen LogP contribution is 2.16. The van der Waals surface area contributed by atoms with E-state index in [-0.39, 0.29) is 0 Å². The third kappa shape index (κ3) is 6.62. The molecule has 2 N–H and O–H groups in total. The van der Waals surface area contributed by atoms with Crippen LogP contribution in [0.4, 0.5) is 0 Å². The van der Waals surface area contributed by atoms with Crippen LogP contribution in [0, 0.1) is 0 Å². The second-order valence-electron chi connectivity index (χ2n) is 6.94. The summed E-state index contributed by atoms with van der Waals surface area (Å²) in [5, 5.41) is 6.78. The normalized spacial score (nSPS) is 15.6. The maximum atomic E-state index is 6.03. The third-order valence-corrected chi connectivity index (χ3v) is 6.05. The molecule has 0 aliphatic carbocycles. The Kier molecular flexibility index (Phi) is 8.33. The summed E-state index contributed by atoms with van der Waals surface area (Å²) >= 11 is 1.85. The summed E-state index contributed by atoms with van der Waals surface area (Å²) in [6, 6.07) is 12.9. The van der Waals surface area contributed by atoms with Crippen LogP contribution in [-0.2, 0) is 35.6 Å². The van der Waals surface area contributed by atoms with Crippen LogP contribution in [0.2, 0.25) is 0 Å². The Bertz CT molecular complexity index is 754. The van der Waals surface area contributed by atoms with Crippen LogP contribution in [-0.4, -0.2) is 32.3 Å². The van der Waals surface area contributed by atoms with E-state index in [9.17, 15) is 0 Å². The molecule has 6 heteroatoms. The topological polar surface area (TPSA) is 54.9 Å². The molecular weight excluding hydrogens is 370 g/mol. The summed E-state index contributed by atoms with van der Waals surface area (Å²) in [4.78, 5) is 7.07. The molecule has 152 valence electrons. The number of hydrogen-bond donors (Lipinski definition) is 2. The van der Waals surface area contributed by atoms with Crippen LogP contribution < -0.4 is 10.6 Å². The van der Waals surface area contributed by atoms with Crippen LogP contribution in [0.25, 0.3) is 0 Å². The summed E-state index contributed by atoms with van der Waals surface area (Å²) in [6.45, 7) is 5.99. The lowest BCUT2D eigenvalue weighted by Gasteiger charge is -2.22. The first kappa shape index (κ1) is 20.8. The van der Waals surface area contributed by atoms with Crippen molar-refractivity contribution in [2.75, 3.05) is 20.3 Å². The first-order valence-corrected chi connectivity index (χ1v) is 10.9. The van der Waals surface area contributed by atoms with Crippen LogP contribution in [0.1, 0.15) is 40.6 Å². The highest BCUT2D eigenvalue weighted by molar-refractivity contribution is 7.11. The van der Waals surface area contributed by atoms with Crippen molar-refractivity contribution in [3.8, 4) is 0 Å². The molecule has 1 aromatic heterocycles. The SMILES string of the molecule is CCc1ccc(CNC(=NC)NCc2cccc(COC3CCOCC3)c2)s1. The second kappa shape index (κ2) is 11.2. The van der Waals surface area contributed by atoms with E-state index in [1.807, 2.05) is 11.3 Å². The van der Waals surface area contributed by atoms with Gasteiger partial charge in [0.2, 0.25) is 0 Å². The molecule has 0 bridgehead atoms. The first-order chi connectivity index (χ1) is 13.8. The highest BCUT2D eigenvalue weighted by atomic mass is 32.1. The Morgan fingerprint density at radius 1 is 1.11 bits per heavy atom. The van der Waals surface area contributed by atoms with Crippen molar-refractivity contribution in [1.82, 2.24) is 10.6 Å². The average molecular weight is 402 g/mol. The molecule has 5 nitrogen and oxygen atoms in total. The maximum absolute atomic E-state index is 6.03. The summed E-state index contributed by atoms with van der Waals surface area (Å²) in [7, 11) is 1.80. The molecule has 0 amide bonds. The molecule has 0 radical (unpaired) electrons. The van der Waals surface area contributed by atoms with E-state index in [0.717, 1.165) is 51.5 Å². The highest BCUT2D eigenvalue weighted by Gasteiger charge is 2.14. The van der Waals surface area contributed by atoms with Gasteiger partial charge in [0.05, 0.1) is 19.3 Å². The summed E-state index contributed by atoms with van der Waals surface area (Å²) in [5.41, 5.74) is 2.43. The van der Waals surface area contributed by atoms with E-state index in [0.29, 0.717) is 12.7 Å². The maximum Gasteiger partial charge on any atom is 0.191 e. The molecule has 3 rings (SSSR count). The molecule has 1 saturated heterocycles. The van der Waals surface area contributed by atoms with E-state index in [2.05, 4.69) is 58.9 Å². The van der Waals surface area contributed by atoms with Gasteiger partial charge < -0.3 is 20.1 Å². The Morgan fingerprint density at radius 2 is 1.86 bits per heavy atom. The van der Waals surface area contributed by atoms with Gasteiger partial charge in [0.1, 0.15) is 0 Å². The molecule has 2 heterocycles. The van der Waals surface area contributed by atoms with Gasteiger partial charge in [0, 0.05) is 36.6 Å². The Morgan fingerprint density at radius 3 is 2.61 bits per heavy atom. The molecule has 0 atom stereocenters. The number of hydrogen-bond acceptors (Lipinski definition) is 4. The number of aryl methyl sites for hydroxylation is 1. The van der Waals surface area contributed by atoms with Gasteiger partial charge in [0.15, 0.2) is 5.96 Å². The van der Waals surface area contributed by atoms with Gasteiger partial charge in [-0.05, 0) is 42.5 Å².